The van der Waals surface area contributed by atoms with Gasteiger partial charge in [-0.25, -0.2) is 4.99 Å². The average molecular weight is 310 g/mol. The third kappa shape index (κ3) is 5.47. The fourth-order valence-corrected chi connectivity index (χ4v) is 2.00. The minimum absolute atomic E-state index is 0.266. The highest BCUT2D eigenvalue weighted by atomic mass is 16.1. The first-order chi connectivity index (χ1) is 11.0. The number of nitrogens with two attached hydrogens (primary N) is 1. The Balaban J connectivity index is 2.08. The fraction of sp³-hybridized carbons (Fsp3) is 0.222. The summed E-state index contributed by atoms with van der Waals surface area (Å²) in [7, 11) is 0. The largest absolute Gasteiger partial charge is 0.366 e. The summed E-state index contributed by atoms with van der Waals surface area (Å²) < 4.78 is 0. The number of aliphatic imine (C=N–C) groups is 1. The Morgan fingerprint density at radius 1 is 1.09 bits per heavy atom. The molecule has 0 saturated heterocycles. The number of hydrogen-bond acceptors (Lipinski definition) is 2. The summed E-state index contributed by atoms with van der Waals surface area (Å²) in [5.74, 6) is 0.290. The maximum Gasteiger partial charge on any atom is 0.248 e. The maximum absolute atomic E-state index is 11.1. The zero-order valence-electron chi connectivity index (χ0n) is 13.4. The topological polar surface area (TPSA) is 79.5 Å². The third-order valence-electron chi connectivity index (χ3n) is 3.12. The van der Waals surface area contributed by atoms with Crippen molar-refractivity contribution in [3.8, 4) is 0 Å². The molecule has 0 aliphatic carbocycles. The minimum Gasteiger partial charge on any atom is -0.366 e. The van der Waals surface area contributed by atoms with Crippen LogP contribution >= 0.6 is 0 Å². The maximum atomic E-state index is 11.1. The van der Waals surface area contributed by atoms with E-state index in [1.165, 1.54) is 0 Å². The highest BCUT2D eigenvalue weighted by molar-refractivity contribution is 5.94. The van der Waals surface area contributed by atoms with Gasteiger partial charge in [-0.05, 0) is 43.7 Å². The number of hydrogen-bond donors (Lipinski definition) is 3. The Bertz CT molecular complexity index is 663. The number of carbonyl (C=O) groups is 1. The summed E-state index contributed by atoms with van der Waals surface area (Å²) >= 11 is 0. The number of guanidine groups is 1. The number of primary amides is 1. The quantitative estimate of drug-likeness (QED) is 0.587. The van der Waals surface area contributed by atoms with E-state index in [2.05, 4.69) is 29.5 Å². The van der Waals surface area contributed by atoms with Gasteiger partial charge in [-0.1, -0.05) is 30.3 Å². The van der Waals surface area contributed by atoms with Crippen molar-refractivity contribution in [1.82, 2.24) is 5.32 Å². The Morgan fingerprint density at radius 3 is 2.30 bits per heavy atom. The van der Waals surface area contributed by atoms with E-state index in [0.717, 1.165) is 11.3 Å². The molecular weight excluding hydrogens is 288 g/mol. The monoisotopic (exact) mass is 310 g/mol. The Morgan fingerprint density at radius 2 is 1.74 bits per heavy atom. The van der Waals surface area contributed by atoms with E-state index in [1.807, 2.05) is 42.5 Å². The van der Waals surface area contributed by atoms with Crippen LogP contribution in [0.2, 0.25) is 0 Å². The van der Waals surface area contributed by atoms with Crippen LogP contribution in [0.25, 0.3) is 0 Å². The highest BCUT2D eigenvalue weighted by Gasteiger charge is 2.03. The first-order valence-electron chi connectivity index (χ1n) is 7.56. The molecule has 0 aromatic heterocycles. The van der Waals surface area contributed by atoms with E-state index in [1.54, 1.807) is 12.1 Å². The molecule has 0 spiro atoms. The SMILES string of the molecule is CC(C)NC(=NCc1ccc(C(N)=O)cc1)Nc1ccccc1. The van der Waals surface area contributed by atoms with E-state index in [9.17, 15) is 4.79 Å². The molecule has 0 atom stereocenters. The molecule has 0 bridgehead atoms. The summed E-state index contributed by atoms with van der Waals surface area (Å²) in [4.78, 5) is 15.7. The molecule has 0 fully saturated rings. The number of nitrogens with one attached hydrogen (secondary N) is 2. The fourth-order valence-electron chi connectivity index (χ4n) is 2.00. The van der Waals surface area contributed by atoms with E-state index < -0.39 is 5.91 Å². The van der Waals surface area contributed by atoms with E-state index >= 15 is 0 Å². The predicted octanol–water partition coefficient (Wildman–Crippen LogP) is 2.75. The molecule has 23 heavy (non-hydrogen) atoms. The van der Waals surface area contributed by atoms with Crippen LogP contribution in [0.5, 0.6) is 0 Å². The van der Waals surface area contributed by atoms with Gasteiger partial charge in [0.05, 0.1) is 6.54 Å². The van der Waals surface area contributed by atoms with Crippen molar-refractivity contribution >= 4 is 17.6 Å². The Labute approximate surface area is 136 Å². The predicted molar refractivity (Wildman–Crippen MR) is 94.4 cm³/mol. The van der Waals surface area contributed by atoms with Gasteiger partial charge in [0, 0.05) is 17.3 Å². The lowest BCUT2D eigenvalue weighted by Gasteiger charge is -2.15. The normalized spacial score (nSPS) is 11.3. The molecule has 0 radical (unpaired) electrons. The van der Waals surface area contributed by atoms with Crippen LogP contribution in [-0.2, 0) is 6.54 Å². The second-order valence-corrected chi connectivity index (χ2v) is 5.52. The van der Waals surface area contributed by atoms with Crippen LogP contribution in [0.15, 0.2) is 59.6 Å². The molecule has 4 N–H and O–H groups in total. The van der Waals surface area contributed by atoms with Crippen LogP contribution in [-0.4, -0.2) is 17.9 Å². The zero-order valence-corrected chi connectivity index (χ0v) is 13.4. The summed E-state index contributed by atoms with van der Waals surface area (Å²) in [6.45, 7) is 4.63. The molecule has 2 aromatic carbocycles. The van der Waals surface area contributed by atoms with Crippen LogP contribution in [0.4, 0.5) is 5.69 Å². The standard InChI is InChI=1S/C18H22N4O/c1-13(2)21-18(22-16-6-4-3-5-7-16)20-12-14-8-10-15(11-9-14)17(19)23/h3-11,13H,12H2,1-2H3,(H2,19,23)(H2,20,21,22). The van der Waals surface area contributed by atoms with E-state index in [0.29, 0.717) is 18.1 Å². The van der Waals surface area contributed by atoms with Crippen molar-refractivity contribution in [2.45, 2.75) is 26.4 Å². The Kier molecular flexibility index (Phi) is 5.74. The molecule has 0 aliphatic rings. The van der Waals surface area contributed by atoms with Gasteiger partial charge >= 0.3 is 0 Å². The molecule has 5 nitrogen and oxygen atoms in total. The highest BCUT2D eigenvalue weighted by Crippen LogP contribution is 2.07. The smallest absolute Gasteiger partial charge is 0.248 e. The van der Waals surface area contributed by atoms with Gasteiger partial charge in [-0.3, -0.25) is 4.79 Å². The number of rotatable bonds is 5. The lowest BCUT2D eigenvalue weighted by atomic mass is 10.1. The lowest BCUT2D eigenvalue weighted by molar-refractivity contribution is 0.100. The van der Waals surface area contributed by atoms with Gasteiger partial charge in [0.15, 0.2) is 5.96 Å². The molecule has 0 unspecified atom stereocenters. The van der Waals surface area contributed by atoms with E-state index in [4.69, 9.17) is 5.73 Å². The number of amides is 1. The summed E-state index contributed by atoms with van der Waals surface area (Å²) in [5, 5.41) is 6.57. The molecule has 0 saturated carbocycles. The van der Waals surface area contributed by atoms with E-state index in [-0.39, 0.29) is 6.04 Å². The lowest BCUT2D eigenvalue weighted by Crippen LogP contribution is -2.36. The number of anilines is 1. The molecule has 0 aliphatic heterocycles. The molecule has 5 heteroatoms. The number of benzene rings is 2. The zero-order chi connectivity index (χ0) is 16.7. The van der Waals surface area contributed by atoms with Gasteiger partial charge in [0.2, 0.25) is 5.91 Å². The van der Waals surface area contributed by atoms with Crippen LogP contribution < -0.4 is 16.4 Å². The summed E-state index contributed by atoms with van der Waals surface area (Å²) in [6, 6.07) is 17.3. The van der Waals surface area contributed by atoms with Crippen LogP contribution in [0.3, 0.4) is 0 Å². The first kappa shape index (κ1) is 16.5. The number of para-hydroxylation sites is 1. The molecule has 1 amide bonds. The van der Waals surface area contributed by atoms with Gasteiger partial charge in [-0.15, -0.1) is 0 Å². The van der Waals surface area contributed by atoms with Crippen molar-refractivity contribution in [2.24, 2.45) is 10.7 Å². The number of nitrogens with zero attached hydrogens (tertiary/aromatic N) is 1. The van der Waals surface area contributed by atoms with Crippen molar-refractivity contribution < 1.29 is 4.79 Å². The molecule has 2 rings (SSSR count). The number of carbonyl (C=O) groups excluding carboxylic acids is 1. The van der Waals surface area contributed by atoms with Gasteiger partial charge in [0.1, 0.15) is 0 Å². The van der Waals surface area contributed by atoms with Crippen molar-refractivity contribution in [3.05, 3.63) is 65.7 Å². The summed E-state index contributed by atoms with van der Waals surface area (Å²) in [5.41, 5.74) is 7.72. The average Bonchev–Trinajstić information content (AvgIpc) is 2.53. The molecule has 2 aromatic rings. The van der Waals surface area contributed by atoms with Crippen LogP contribution in [0.1, 0.15) is 29.8 Å². The minimum atomic E-state index is -0.423. The van der Waals surface area contributed by atoms with Crippen molar-refractivity contribution in [2.75, 3.05) is 5.32 Å². The molecule has 120 valence electrons. The third-order valence-corrected chi connectivity index (χ3v) is 3.12. The van der Waals surface area contributed by atoms with Gasteiger partial charge in [0.25, 0.3) is 0 Å². The molecular formula is C18H22N4O. The second-order valence-electron chi connectivity index (χ2n) is 5.52. The van der Waals surface area contributed by atoms with Crippen molar-refractivity contribution in [1.29, 1.82) is 0 Å². The summed E-state index contributed by atoms with van der Waals surface area (Å²) in [6.07, 6.45) is 0. The van der Waals surface area contributed by atoms with Crippen molar-refractivity contribution in [3.63, 3.8) is 0 Å². The second kappa shape index (κ2) is 7.98. The van der Waals surface area contributed by atoms with Gasteiger partial charge < -0.3 is 16.4 Å². The Hall–Kier alpha value is -2.82. The molecule has 0 heterocycles. The first-order valence-corrected chi connectivity index (χ1v) is 7.56. The van der Waals surface area contributed by atoms with Crippen LogP contribution in [0, 0.1) is 0 Å². The van der Waals surface area contributed by atoms with Gasteiger partial charge in [-0.2, -0.15) is 0 Å².